The number of unbranched alkanes of at least 4 members (excludes halogenated alkanes) is 1. The molecule has 0 fully saturated rings. The highest BCUT2D eigenvalue weighted by atomic mass is 32.1. The molecule has 0 saturated carbocycles. The average Bonchev–Trinajstić information content (AvgIpc) is 3.22. The van der Waals surface area contributed by atoms with Crippen LogP contribution in [0.5, 0.6) is 0 Å². The van der Waals surface area contributed by atoms with E-state index in [-0.39, 0.29) is 52.0 Å². The summed E-state index contributed by atoms with van der Waals surface area (Å²) in [5, 5.41) is 19.0. The number of hydrogen-bond donors (Lipinski definition) is 1. The quantitative estimate of drug-likeness (QED) is 0.615. The second-order valence-corrected chi connectivity index (χ2v) is 8.32. The molecule has 6 nitrogen and oxygen atoms in total. The molecule has 1 N–H and O–H groups in total. The predicted octanol–water partition coefficient (Wildman–Crippen LogP) is 4.36. The van der Waals surface area contributed by atoms with Gasteiger partial charge >= 0.3 is 0 Å². The van der Waals surface area contributed by atoms with E-state index < -0.39 is 29.0 Å². The average molecular weight is 465 g/mol. The van der Waals surface area contributed by atoms with Gasteiger partial charge in [0.2, 0.25) is 5.78 Å². The summed E-state index contributed by atoms with van der Waals surface area (Å²) in [4.78, 5) is 27.2. The van der Waals surface area contributed by atoms with Gasteiger partial charge in [0.15, 0.2) is 22.4 Å². The summed E-state index contributed by atoms with van der Waals surface area (Å²) in [6.07, 6.45) is 3.04. The summed E-state index contributed by atoms with van der Waals surface area (Å²) in [6, 6.07) is 1.22. The molecule has 0 atom stereocenters. The maximum absolute atomic E-state index is 14.0. The first-order valence-corrected chi connectivity index (χ1v) is 11.0. The zero-order chi connectivity index (χ0) is 23.4. The number of hydrogen-bond acceptors (Lipinski definition) is 6. The van der Waals surface area contributed by atoms with E-state index in [1.807, 2.05) is 6.92 Å². The lowest BCUT2D eigenvalue weighted by molar-refractivity contribution is -0.127. The van der Waals surface area contributed by atoms with Crippen molar-refractivity contribution in [3.05, 3.63) is 62.6 Å². The molecular weight excluding hydrogens is 443 g/mol. The number of Topliss-reactive ketones (excluding diaryl/α,β-unsaturated/α-hetero) is 1. The van der Waals surface area contributed by atoms with Gasteiger partial charge in [-0.3, -0.25) is 9.59 Å². The van der Waals surface area contributed by atoms with Crippen LogP contribution >= 0.6 is 11.3 Å². The number of benzene rings is 1. The number of aliphatic hydroxyl groups excluding tert-OH is 1. The third-order valence-electron chi connectivity index (χ3n) is 5.10. The van der Waals surface area contributed by atoms with Crippen LogP contribution in [0.1, 0.15) is 48.7 Å². The molecule has 1 aliphatic rings. The number of aromatic nitrogens is 2. The fraction of sp³-hybridized carbons (Fsp3) is 0.364. The molecule has 0 unspecified atom stereocenters. The largest absolute Gasteiger partial charge is 0.504 e. The lowest BCUT2D eigenvalue weighted by Gasteiger charge is -2.24. The van der Waals surface area contributed by atoms with Crippen LogP contribution in [-0.2, 0) is 16.0 Å². The number of amides is 1. The van der Waals surface area contributed by atoms with Gasteiger partial charge in [-0.15, -0.1) is 10.2 Å². The maximum atomic E-state index is 14.0. The van der Waals surface area contributed by atoms with Crippen molar-refractivity contribution in [2.75, 3.05) is 13.1 Å². The zero-order valence-corrected chi connectivity index (χ0v) is 18.4. The van der Waals surface area contributed by atoms with Gasteiger partial charge in [-0.2, -0.15) is 0 Å². The molecular formula is C22H22F3N3O3S. The molecule has 1 amide bonds. The van der Waals surface area contributed by atoms with Crippen molar-refractivity contribution in [3.8, 4) is 0 Å². The van der Waals surface area contributed by atoms with Gasteiger partial charge < -0.3 is 10.0 Å². The molecule has 0 aliphatic carbocycles. The van der Waals surface area contributed by atoms with E-state index in [9.17, 15) is 27.9 Å². The number of allylic oxidation sites excluding steroid dienone is 1. The molecule has 170 valence electrons. The maximum Gasteiger partial charge on any atom is 0.253 e. The summed E-state index contributed by atoms with van der Waals surface area (Å²) >= 11 is 0.972. The Morgan fingerprint density at radius 3 is 2.50 bits per heavy atom. The summed E-state index contributed by atoms with van der Waals surface area (Å²) < 4.78 is 40.6. The van der Waals surface area contributed by atoms with Gasteiger partial charge in [-0.05, 0) is 31.4 Å². The van der Waals surface area contributed by atoms with E-state index in [1.54, 1.807) is 6.92 Å². The number of carbonyl (C=O) groups is 2. The van der Waals surface area contributed by atoms with Crippen LogP contribution in [0, 0.1) is 17.5 Å². The van der Waals surface area contributed by atoms with Crippen LogP contribution in [0.3, 0.4) is 0 Å². The molecule has 1 aliphatic heterocycles. The molecule has 1 aromatic carbocycles. The highest BCUT2D eigenvalue weighted by molar-refractivity contribution is 7.12. The third kappa shape index (κ3) is 4.90. The van der Waals surface area contributed by atoms with Gasteiger partial charge in [0.25, 0.3) is 5.91 Å². The fourth-order valence-corrected chi connectivity index (χ4v) is 4.17. The highest BCUT2D eigenvalue weighted by Crippen LogP contribution is 2.28. The minimum Gasteiger partial charge on any atom is -0.504 e. The Bertz CT molecular complexity index is 1110. The van der Waals surface area contributed by atoms with E-state index in [0.29, 0.717) is 19.0 Å². The standard InChI is InChI=1S/C22H22F3N3O3S/c1-3-5-6-14-20(30)19(29)13(7-8-28(4-2)22(14)31)21-27-26-18(32-21)10-12-9-16(24)17(25)11-15(12)23/h7,9,11,30H,3-6,8,10H2,1-2H3/b13-7+,20-14-. The van der Waals surface area contributed by atoms with Crippen LogP contribution in [0.25, 0.3) is 5.57 Å². The van der Waals surface area contributed by atoms with E-state index >= 15 is 0 Å². The number of carbonyl (C=O) groups excluding carboxylic acids is 2. The second-order valence-electron chi connectivity index (χ2n) is 7.26. The number of aliphatic hydroxyl groups is 1. The van der Waals surface area contributed by atoms with E-state index in [1.165, 1.54) is 11.0 Å². The fourth-order valence-electron chi connectivity index (χ4n) is 3.27. The lowest BCUT2D eigenvalue weighted by atomic mass is 9.99. The van der Waals surface area contributed by atoms with Crippen LogP contribution in [0.4, 0.5) is 13.2 Å². The Labute approximate surface area is 187 Å². The molecule has 2 aromatic rings. The Balaban J connectivity index is 1.93. The molecule has 0 bridgehead atoms. The van der Waals surface area contributed by atoms with Gasteiger partial charge in [-0.1, -0.05) is 30.8 Å². The minimum absolute atomic E-state index is 0.0675. The Morgan fingerprint density at radius 1 is 1.09 bits per heavy atom. The van der Waals surface area contributed by atoms with E-state index in [2.05, 4.69) is 10.2 Å². The highest BCUT2D eigenvalue weighted by Gasteiger charge is 2.30. The van der Waals surface area contributed by atoms with E-state index in [4.69, 9.17) is 0 Å². The van der Waals surface area contributed by atoms with Crippen molar-refractivity contribution in [2.24, 2.45) is 0 Å². The van der Waals surface area contributed by atoms with Crippen molar-refractivity contribution in [1.29, 1.82) is 0 Å². The van der Waals surface area contributed by atoms with Gasteiger partial charge in [0, 0.05) is 25.6 Å². The third-order valence-corrected chi connectivity index (χ3v) is 6.05. The summed E-state index contributed by atoms with van der Waals surface area (Å²) in [6.45, 7) is 4.26. The van der Waals surface area contributed by atoms with Crippen LogP contribution in [0.2, 0.25) is 0 Å². The van der Waals surface area contributed by atoms with Crippen molar-refractivity contribution < 1.29 is 27.9 Å². The van der Waals surface area contributed by atoms with Gasteiger partial charge in [0.1, 0.15) is 10.8 Å². The summed E-state index contributed by atoms with van der Waals surface area (Å²) in [5.74, 6) is -5.11. The van der Waals surface area contributed by atoms with Gasteiger partial charge in [-0.25, -0.2) is 13.2 Å². The SMILES string of the molecule is CCCC/C1=C(/O)C(=O)/C(c2nnc(Cc3cc(F)c(F)cc3F)s2)=C\CN(CC)C1=O. The zero-order valence-electron chi connectivity index (χ0n) is 17.6. The number of rotatable bonds is 7. The molecule has 10 heteroatoms. The monoisotopic (exact) mass is 465 g/mol. The van der Waals surface area contributed by atoms with Crippen molar-refractivity contribution >= 4 is 28.6 Å². The Hall–Kier alpha value is -3.01. The van der Waals surface area contributed by atoms with E-state index in [0.717, 1.165) is 23.8 Å². The Kier molecular flexibility index (Phi) is 7.44. The number of nitrogens with zero attached hydrogens (tertiary/aromatic N) is 3. The number of halogens is 3. The minimum atomic E-state index is -1.29. The first-order chi connectivity index (χ1) is 15.3. The van der Waals surface area contributed by atoms with Crippen molar-refractivity contribution in [1.82, 2.24) is 15.1 Å². The summed E-state index contributed by atoms with van der Waals surface area (Å²) in [5.41, 5.74) is 0.0479. The molecule has 3 rings (SSSR count). The van der Waals surface area contributed by atoms with Crippen LogP contribution < -0.4 is 0 Å². The predicted molar refractivity (Wildman–Crippen MR) is 113 cm³/mol. The first-order valence-electron chi connectivity index (χ1n) is 10.2. The first kappa shape index (κ1) is 23.6. The normalized spacial score (nSPS) is 19.0. The Morgan fingerprint density at radius 2 is 1.81 bits per heavy atom. The lowest BCUT2D eigenvalue weighted by Crippen LogP contribution is -2.35. The van der Waals surface area contributed by atoms with Crippen molar-refractivity contribution in [2.45, 2.75) is 39.5 Å². The molecule has 1 aromatic heterocycles. The van der Waals surface area contributed by atoms with Crippen LogP contribution in [0.15, 0.2) is 29.5 Å². The molecule has 2 heterocycles. The number of ketones is 1. The topological polar surface area (TPSA) is 83.4 Å². The van der Waals surface area contributed by atoms with Crippen LogP contribution in [-0.4, -0.2) is 45.0 Å². The molecule has 0 radical (unpaired) electrons. The molecule has 0 spiro atoms. The summed E-state index contributed by atoms with van der Waals surface area (Å²) in [7, 11) is 0. The number of likely N-dealkylation sites (N-methyl/N-ethyl adjacent to an activating group) is 1. The second kappa shape index (κ2) is 10.1. The molecule has 0 saturated heterocycles. The van der Waals surface area contributed by atoms with Gasteiger partial charge in [0.05, 0.1) is 11.1 Å². The molecule has 32 heavy (non-hydrogen) atoms. The van der Waals surface area contributed by atoms with Crippen molar-refractivity contribution in [3.63, 3.8) is 0 Å². The smallest absolute Gasteiger partial charge is 0.253 e.